The van der Waals surface area contributed by atoms with E-state index in [9.17, 15) is 4.39 Å². The minimum atomic E-state index is -0.184. The highest BCUT2D eigenvalue weighted by Gasteiger charge is 2.05. The zero-order chi connectivity index (χ0) is 9.14. The molecule has 0 aliphatic rings. The molecule has 0 saturated heterocycles. The average Bonchev–Trinajstić information content (AvgIpc) is 2.03. The minimum Gasteiger partial charge on any atom is -0.324 e. The summed E-state index contributed by atoms with van der Waals surface area (Å²) in [5.41, 5.74) is 7.76. The van der Waals surface area contributed by atoms with Gasteiger partial charge >= 0.3 is 0 Å². The van der Waals surface area contributed by atoms with Gasteiger partial charge in [-0.05, 0) is 36.6 Å². The third-order valence-corrected chi connectivity index (χ3v) is 1.98. The first kappa shape index (κ1) is 9.20. The third-order valence-electron chi connectivity index (χ3n) is 1.98. The van der Waals surface area contributed by atoms with Gasteiger partial charge in [-0.15, -0.1) is 0 Å². The van der Waals surface area contributed by atoms with E-state index >= 15 is 0 Å². The Labute approximate surface area is 72.4 Å². The van der Waals surface area contributed by atoms with Crippen molar-refractivity contribution in [2.75, 3.05) is 0 Å². The van der Waals surface area contributed by atoms with Crippen LogP contribution in [0, 0.1) is 5.82 Å². The standard InChI is InChI=1S/C10H14FN/c1-3-8-6-9(11)4-5-10(8)7(2)12/h4-7H,3,12H2,1-2H3. The van der Waals surface area contributed by atoms with Crippen molar-refractivity contribution in [3.63, 3.8) is 0 Å². The van der Waals surface area contributed by atoms with Crippen LogP contribution in [0.15, 0.2) is 18.2 Å². The highest BCUT2D eigenvalue weighted by molar-refractivity contribution is 5.30. The first-order valence-electron chi connectivity index (χ1n) is 4.19. The molecule has 1 unspecified atom stereocenters. The molecule has 0 aliphatic heterocycles. The van der Waals surface area contributed by atoms with Crippen LogP contribution in [-0.2, 0) is 6.42 Å². The molecule has 1 rings (SSSR count). The number of aryl methyl sites for hydroxylation is 1. The fourth-order valence-electron chi connectivity index (χ4n) is 1.32. The number of hydrogen-bond donors (Lipinski definition) is 1. The molecule has 1 aromatic carbocycles. The summed E-state index contributed by atoms with van der Waals surface area (Å²) >= 11 is 0. The molecule has 1 atom stereocenters. The minimum absolute atomic E-state index is 0.0134. The van der Waals surface area contributed by atoms with Crippen LogP contribution in [-0.4, -0.2) is 0 Å². The van der Waals surface area contributed by atoms with Gasteiger partial charge in [0.25, 0.3) is 0 Å². The lowest BCUT2D eigenvalue weighted by molar-refractivity contribution is 0.623. The Balaban J connectivity index is 3.11. The summed E-state index contributed by atoms with van der Waals surface area (Å²) in [6.45, 7) is 3.91. The molecule has 0 aliphatic carbocycles. The lowest BCUT2D eigenvalue weighted by Gasteiger charge is -2.10. The van der Waals surface area contributed by atoms with Crippen molar-refractivity contribution in [2.24, 2.45) is 5.73 Å². The van der Waals surface area contributed by atoms with E-state index in [0.717, 1.165) is 17.5 Å². The van der Waals surface area contributed by atoms with Crippen molar-refractivity contribution in [1.82, 2.24) is 0 Å². The molecule has 1 aromatic rings. The van der Waals surface area contributed by atoms with Crippen LogP contribution < -0.4 is 5.73 Å². The monoisotopic (exact) mass is 167 g/mol. The van der Waals surface area contributed by atoms with Crippen LogP contribution in [0.2, 0.25) is 0 Å². The van der Waals surface area contributed by atoms with Crippen LogP contribution in [0.1, 0.15) is 31.0 Å². The maximum atomic E-state index is 12.8. The molecule has 12 heavy (non-hydrogen) atoms. The van der Waals surface area contributed by atoms with E-state index in [4.69, 9.17) is 5.73 Å². The lowest BCUT2D eigenvalue weighted by atomic mass is 10.0. The van der Waals surface area contributed by atoms with Gasteiger partial charge in [0.05, 0.1) is 0 Å². The molecule has 0 radical (unpaired) electrons. The Morgan fingerprint density at radius 1 is 1.50 bits per heavy atom. The number of benzene rings is 1. The summed E-state index contributed by atoms with van der Waals surface area (Å²) in [4.78, 5) is 0. The molecule has 0 spiro atoms. The van der Waals surface area contributed by atoms with Gasteiger partial charge < -0.3 is 5.73 Å². The maximum absolute atomic E-state index is 12.8. The predicted octanol–water partition coefficient (Wildman–Crippen LogP) is 2.41. The van der Waals surface area contributed by atoms with E-state index in [1.807, 2.05) is 13.8 Å². The zero-order valence-corrected chi connectivity index (χ0v) is 7.47. The Kier molecular flexibility index (Phi) is 2.82. The molecular weight excluding hydrogens is 153 g/mol. The van der Waals surface area contributed by atoms with E-state index in [1.165, 1.54) is 6.07 Å². The first-order chi connectivity index (χ1) is 5.65. The van der Waals surface area contributed by atoms with Crippen molar-refractivity contribution in [3.05, 3.63) is 35.1 Å². The molecule has 2 N–H and O–H groups in total. The van der Waals surface area contributed by atoms with E-state index in [2.05, 4.69) is 0 Å². The largest absolute Gasteiger partial charge is 0.324 e. The molecule has 0 saturated carbocycles. The Morgan fingerprint density at radius 2 is 2.17 bits per heavy atom. The third kappa shape index (κ3) is 1.83. The van der Waals surface area contributed by atoms with E-state index in [1.54, 1.807) is 12.1 Å². The van der Waals surface area contributed by atoms with Crippen LogP contribution in [0.5, 0.6) is 0 Å². The second kappa shape index (κ2) is 3.68. The SMILES string of the molecule is CCc1cc(F)ccc1C(C)N. The van der Waals surface area contributed by atoms with Gasteiger partial charge in [0, 0.05) is 6.04 Å². The van der Waals surface area contributed by atoms with Crippen LogP contribution in [0.4, 0.5) is 4.39 Å². The summed E-state index contributed by atoms with van der Waals surface area (Å²) in [5, 5.41) is 0. The number of hydrogen-bond acceptors (Lipinski definition) is 1. The van der Waals surface area contributed by atoms with E-state index in [0.29, 0.717) is 0 Å². The summed E-state index contributed by atoms with van der Waals surface area (Å²) in [7, 11) is 0. The zero-order valence-electron chi connectivity index (χ0n) is 7.47. The highest BCUT2D eigenvalue weighted by Crippen LogP contribution is 2.17. The fourth-order valence-corrected chi connectivity index (χ4v) is 1.32. The van der Waals surface area contributed by atoms with Crippen molar-refractivity contribution in [3.8, 4) is 0 Å². The maximum Gasteiger partial charge on any atom is 0.123 e. The van der Waals surface area contributed by atoms with Gasteiger partial charge in [-0.25, -0.2) is 4.39 Å². The predicted molar refractivity (Wildman–Crippen MR) is 48.4 cm³/mol. The average molecular weight is 167 g/mol. The Hall–Kier alpha value is -0.890. The molecule has 0 bridgehead atoms. The normalized spacial score (nSPS) is 13.0. The first-order valence-corrected chi connectivity index (χ1v) is 4.19. The smallest absolute Gasteiger partial charge is 0.123 e. The van der Waals surface area contributed by atoms with Gasteiger partial charge in [0.15, 0.2) is 0 Å². The molecule has 0 heterocycles. The molecule has 1 nitrogen and oxygen atoms in total. The molecule has 2 heteroatoms. The van der Waals surface area contributed by atoms with Gasteiger partial charge in [-0.2, -0.15) is 0 Å². The lowest BCUT2D eigenvalue weighted by Crippen LogP contribution is -2.08. The van der Waals surface area contributed by atoms with E-state index < -0.39 is 0 Å². The summed E-state index contributed by atoms with van der Waals surface area (Å²) in [6, 6.07) is 4.76. The van der Waals surface area contributed by atoms with Gasteiger partial charge in [-0.1, -0.05) is 13.0 Å². The number of nitrogens with two attached hydrogens (primary N) is 1. The van der Waals surface area contributed by atoms with Crippen LogP contribution in [0.25, 0.3) is 0 Å². The van der Waals surface area contributed by atoms with Crippen LogP contribution >= 0.6 is 0 Å². The molecule has 0 aromatic heterocycles. The summed E-state index contributed by atoms with van der Waals surface area (Å²) in [5.74, 6) is -0.184. The molecule has 66 valence electrons. The summed E-state index contributed by atoms with van der Waals surface area (Å²) < 4.78 is 12.8. The van der Waals surface area contributed by atoms with Crippen molar-refractivity contribution < 1.29 is 4.39 Å². The number of rotatable bonds is 2. The van der Waals surface area contributed by atoms with Gasteiger partial charge in [-0.3, -0.25) is 0 Å². The fraction of sp³-hybridized carbons (Fsp3) is 0.400. The van der Waals surface area contributed by atoms with Gasteiger partial charge in [0.1, 0.15) is 5.82 Å². The summed E-state index contributed by atoms with van der Waals surface area (Å²) in [6.07, 6.45) is 0.828. The Bertz CT molecular complexity index is 269. The van der Waals surface area contributed by atoms with Crippen molar-refractivity contribution >= 4 is 0 Å². The van der Waals surface area contributed by atoms with Crippen molar-refractivity contribution in [1.29, 1.82) is 0 Å². The Morgan fingerprint density at radius 3 is 2.67 bits per heavy atom. The van der Waals surface area contributed by atoms with Crippen LogP contribution in [0.3, 0.4) is 0 Å². The molecular formula is C10H14FN. The van der Waals surface area contributed by atoms with Gasteiger partial charge in [0.2, 0.25) is 0 Å². The molecule has 0 fully saturated rings. The topological polar surface area (TPSA) is 26.0 Å². The second-order valence-electron chi connectivity index (χ2n) is 2.99. The quantitative estimate of drug-likeness (QED) is 0.719. The molecule has 0 amide bonds. The highest BCUT2D eigenvalue weighted by atomic mass is 19.1. The number of halogens is 1. The second-order valence-corrected chi connectivity index (χ2v) is 2.99. The van der Waals surface area contributed by atoms with Crippen molar-refractivity contribution in [2.45, 2.75) is 26.3 Å². The van der Waals surface area contributed by atoms with E-state index in [-0.39, 0.29) is 11.9 Å².